The smallest absolute Gasteiger partial charge is 0.400 e. The first-order valence-corrected chi connectivity index (χ1v) is 5.72. The molecular formula is C11H12O12. The first kappa shape index (κ1) is 19.8. The van der Waals surface area contributed by atoms with Crippen LogP contribution in [-0.4, -0.2) is 72.0 Å². The van der Waals surface area contributed by atoms with Crippen LogP contribution in [0.15, 0.2) is 0 Å². The summed E-state index contributed by atoms with van der Waals surface area (Å²) in [6, 6.07) is 0. The number of ether oxygens (including phenoxy) is 4. The molecule has 12 nitrogen and oxygen atoms in total. The third-order valence-electron chi connectivity index (χ3n) is 2.22. The van der Waals surface area contributed by atoms with E-state index in [4.69, 9.17) is 10.2 Å². The summed E-state index contributed by atoms with van der Waals surface area (Å²) in [5.74, 6) is -10.0. The number of carboxylic acids is 2. The lowest BCUT2D eigenvalue weighted by Gasteiger charge is -2.25. The van der Waals surface area contributed by atoms with Gasteiger partial charge in [0.05, 0.1) is 13.7 Å². The van der Waals surface area contributed by atoms with Crippen molar-refractivity contribution in [3.63, 3.8) is 0 Å². The van der Waals surface area contributed by atoms with E-state index in [0.717, 1.165) is 0 Å². The van der Waals surface area contributed by atoms with Crippen molar-refractivity contribution < 1.29 is 57.9 Å². The van der Waals surface area contributed by atoms with E-state index in [1.807, 2.05) is 0 Å². The van der Waals surface area contributed by atoms with E-state index >= 15 is 0 Å². The van der Waals surface area contributed by atoms with Crippen molar-refractivity contribution in [1.29, 1.82) is 0 Å². The molecule has 0 aromatic carbocycles. The van der Waals surface area contributed by atoms with Gasteiger partial charge in [0.25, 0.3) is 12.6 Å². The number of carbonyl (C=O) groups is 6. The first-order valence-electron chi connectivity index (χ1n) is 5.72. The molecule has 0 heterocycles. The second-order valence-corrected chi connectivity index (χ2v) is 3.57. The topological polar surface area (TPSA) is 180 Å². The lowest BCUT2D eigenvalue weighted by molar-refractivity contribution is -0.207. The van der Waals surface area contributed by atoms with E-state index in [1.54, 1.807) is 0 Å². The summed E-state index contributed by atoms with van der Waals surface area (Å²) < 4.78 is 16.5. The van der Waals surface area contributed by atoms with Crippen LogP contribution in [0.25, 0.3) is 0 Å². The molecule has 0 saturated heterocycles. The van der Waals surface area contributed by atoms with Crippen LogP contribution in [0.5, 0.6) is 0 Å². The van der Waals surface area contributed by atoms with E-state index in [1.165, 1.54) is 6.92 Å². The summed E-state index contributed by atoms with van der Waals surface area (Å²) in [5, 5.41) is 17.8. The Kier molecular flexibility index (Phi) is 7.16. The highest BCUT2D eigenvalue weighted by Gasteiger charge is 2.62. The van der Waals surface area contributed by atoms with E-state index in [2.05, 4.69) is 18.9 Å². The van der Waals surface area contributed by atoms with Crippen LogP contribution in [0.1, 0.15) is 6.92 Å². The highest BCUT2D eigenvalue weighted by atomic mass is 16.7. The summed E-state index contributed by atoms with van der Waals surface area (Å²) in [7, 11) is 0.684. The summed E-state index contributed by atoms with van der Waals surface area (Å²) in [5.41, 5.74) is -3.61. The van der Waals surface area contributed by atoms with Gasteiger partial charge in [0, 0.05) is 0 Å². The molecule has 2 atom stereocenters. The zero-order valence-electron chi connectivity index (χ0n) is 11.8. The molecule has 2 N–H and O–H groups in total. The van der Waals surface area contributed by atoms with Crippen LogP contribution in [0.3, 0.4) is 0 Å². The Balaban J connectivity index is 5.86. The highest BCUT2D eigenvalue weighted by Crippen LogP contribution is 2.19. The first-order chi connectivity index (χ1) is 10.7. The fraction of sp³-hybridized carbons (Fsp3) is 0.455. The van der Waals surface area contributed by atoms with Crippen LogP contribution in [0.4, 0.5) is 0 Å². The molecule has 0 saturated carbocycles. The fourth-order valence-corrected chi connectivity index (χ4v) is 1.24. The minimum Gasteiger partial charge on any atom is -0.478 e. The summed E-state index contributed by atoms with van der Waals surface area (Å²) >= 11 is 0. The largest absolute Gasteiger partial charge is 0.478 e. The van der Waals surface area contributed by atoms with Gasteiger partial charge in [0.2, 0.25) is 0 Å². The molecular weight excluding hydrogens is 324 g/mol. The SMILES string of the molecule is CCOC(=O)C(OC(=O)C(OC=O)C(=O)O)(C(=O)O)C(=O)OC. The maximum absolute atomic E-state index is 11.8. The highest BCUT2D eigenvalue weighted by molar-refractivity contribution is 6.23. The van der Waals surface area contributed by atoms with Gasteiger partial charge in [0.1, 0.15) is 0 Å². The number of carboxylic acid groups (broad SMARTS) is 2. The Labute approximate surface area is 127 Å². The average Bonchev–Trinajstić information content (AvgIpc) is 2.48. The third-order valence-corrected chi connectivity index (χ3v) is 2.22. The van der Waals surface area contributed by atoms with Crippen molar-refractivity contribution in [2.45, 2.75) is 18.6 Å². The van der Waals surface area contributed by atoms with Crippen molar-refractivity contribution in [2.75, 3.05) is 13.7 Å². The maximum atomic E-state index is 11.8. The van der Waals surface area contributed by atoms with Crippen LogP contribution in [0.2, 0.25) is 0 Å². The molecule has 0 bridgehead atoms. The number of rotatable bonds is 9. The molecule has 0 aromatic rings. The molecule has 0 aromatic heterocycles. The minimum absolute atomic E-state index is 0.393. The number of carbonyl (C=O) groups excluding carboxylic acids is 4. The van der Waals surface area contributed by atoms with Crippen molar-refractivity contribution in [3.8, 4) is 0 Å². The van der Waals surface area contributed by atoms with Gasteiger partial charge in [-0.2, -0.15) is 0 Å². The van der Waals surface area contributed by atoms with Crippen molar-refractivity contribution in [1.82, 2.24) is 0 Å². The van der Waals surface area contributed by atoms with Crippen molar-refractivity contribution in [2.24, 2.45) is 0 Å². The molecule has 2 unspecified atom stereocenters. The van der Waals surface area contributed by atoms with Gasteiger partial charge in [-0.25, -0.2) is 24.0 Å². The minimum atomic E-state index is -3.61. The van der Waals surface area contributed by atoms with Crippen LogP contribution in [0, 0.1) is 0 Å². The molecule has 0 radical (unpaired) electrons. The average molecular weight is 336 g/mol. The Morgan fingerprint density at radius 2 is 1.70 bits per heavy atom. The van der Waals surface area contributed by atoms with Crippen molar-refractivity contribution >= 4 is 36.3 Å². The molecule has 0 spiro atoms. The van der Waals surface area contributed by atoms with Crippen molar-refractivity contribution in [3.05, 3.63) is 0 Å². The molecule has 0 aliphatic carbocycles. The number of esters is 3. The van der Waals surface area contributed by atoms with Gasteiger partial charge >= 0.3 is 35.4 Å². The zero-order chi connectivity index (χ0) is 18.2. The second kappa shape index (κ2) is 8.31. The van der Waals surface area contributed by atoms with Gasteiger partial charge < -0.3 is 29.2 Å². The van der Waals surface area contributed by atoms with Gasteiger partial charge in [0.15, 0.2) is 0 Å². The molecule has 23 heavy (non-hydrogen) atoms. The normalized spacial score (nSPS) is 13.7. The Bertz CT molecular complexity index is 523. The zero-order valence-corrected chi connectivity index (χ0v) is 11.8. The second-order valence-electron chi connectivity index (χ2n) is 3.57. The number of methoxy groups -OCH3 is 1. The van der Waals surface area contributed by atoms with Crippen LogP contribution in [-0.2, 0) is 47.7 Å². The summed E-state index contributed by atoms with van der Waals surface area (Å²) in [6.07, 6.45) is -2.61. The van der Waals surface area contributed by atoms with Crippen LogP contribution < -0.4 is 0 Å². The molecule has 0 aliphatic heterocycles. The molecule has 128 valence electrons. The Hall–Kier alpha value is -3.18. The van der Waals surface area contributed by atoms with Crippen LogP contribution >= 0.6 is 0 Å². The third kappa shape index (κ3) is 4.15. The van der Waals surface area contributed by atoms with Gasteiger partial charge in [-0.3, -0.25) is 4.79 Å². The maximum Gasteiger partial charge on any atom is 0.400 e. The van der Waals surface area contributed by atoms with E-state index in [9.17, 15) is 28.8 Å². The quantitative estimate of drug-likeness (QED) is 0.199. The lowest BCUT2D eigenvalue weighted by Crippen LogP contribution is -2.59. The summed E-state index contributed by atoms with van der Waals surface area (Å²) in [4.78, 5) is 67.3. The van der Waals surface area contributed by atoms with Gasteiger partial charge in [-0.1, -0.05) is 0 Å². The van der Waals surface area contributed by atoms with Gasteiger partial charge in [-0.15, -0.1) is 0 Å². The molecule has 0 aliphatic rings. The predicted molar refractivity (Wildman–Crippen MR) is 63.7 cm³/mol. The molecule has 0 amide bonds. The Morgan fingerprint density at radius 3 is 2.04 bits per heavy atom. The van der Waals surface area contributed by atoms with E-state index in [0.29, 0.717) is 7.11 Å². The molecule has 0 fully saturated rings. The van der Waals surface area contributed by atoms with Gasteiger partial charge in [-0.05, 0) is 6.92 Å². The predicted octanol–water partition coefficient (Wildman–Crippen LogP) is -2.28. The molecule has 0 rings (SSSR count). The van der Waals surface area contributed by atoms with E-state index in [-0.39, 0.29) is 0 Å². The number of hydrogen-bond donors (Lipinski definition) is 2. The number of aliphatic carboxylic acids is 2. The van der Waals surface area contributed by atoms with E-state index < -0.39 is 54.6 Å². The molecule has 12 heteroatoms. The number of hydrogen-bond acceptors (Lipinski definition) is 10. The lowest BCUT2D eigenvalue weighted by atomic mass is 10.0. The monoisotopic (exact) mass is 336 g/mol. The summed E-state index contributed by atoms with van der Waals surface area (Å²) in [6.45, 7) is 0.444. The standard InChI is InChI=1S/C11H12O12/c1-3-21-10(19)11(8(16)17,9(18)20-2)23-7(15)5(6(13)14)22-4-12/h4-5H,3H2,1-2H3,(H,13,14)(H,16,17). The fourth-order valence-electron chi connectivity index (χ4n) is 1.24. The Morgan fingerprint density at radius 1 is 1.13 bits per heavy atom.